The van der Waals surface area contributed by atoms with Gasteiger partial charge in [-0.25, -0.2) is 4.98 Å². The van der Waals surface area contributed by atoms with Crippen molar-refractivity contribution in [3.05, 3.63) is 16.1 Å². The number of aromatic nitrogens is 1. The number of nitrogens with one attached hydrogen (secondary N) is 1. The lowest BCUT2D eigenvalue weighted by Crippen LogP contribution is -2.66. The van der Waals surface area contributed by atoms with Crippen LogP contribution in [0.3, 0.4) is 0 Å². The van der Waals surface area contributed by atoms with Gasteiger partial charge in [0.05, 0.1) is 5.01 Å². The van der Waals surface area contributed by atoms with Crippen LogP contribution in [0.5, 0.6) is 0 Å². The zero-order valence-corrected chi connectivity index (χ0v) is 13.5. The van der Waals surface area contributed by atoms with E-state index in [2.05, 4.69) is 39.3 Å². The van der Waals surface area contributed by atoms with E-state index in [0.29, 0.717) is 12.1 Å². The first-order chi connectivity index (χ1) is 9.76. The first-order valence-corrected chi connectivity index (χ1v) is 8.75. The van der Waals surface area contributed by atoms with Gasteiger partial charge in [-0.1, -0.05) is 6.92 Å². The molecule has 3 aliphatic heterocycles. The Bertz CT molecular complexity index is 425. The van der Waals surface area contributed by atoms with Crippen LogP contribution >= 0.6 is 11.3 Å². The molecule has 4 nitrogen and oxygen atoms in total. The SMILES string of the molecule is CCCNC(Cc1nc(C)cs1)C1CN2CCN1CC2. The molecule has 0 aliphatic carbocycles. The van der Waals surface area contributed by atoms with E-state index in [0.717, 1.165) is 18.7 Å². The number of hydrogen-bond acceptors (Lipinski definition) is 5. The van der Waals surface area contributed by atoms with Gasteiger partial charge in [-0.2, -0.15) is 0 Å². The van der Waals surface area contributed by atoms with Gasteiger partial charge >= 0.3 is 0 Å². The summed E-state index contributed by atoms with van der Waals surface area (Å²) in [5, 5.41) is 7.24. The number of hydrogen-bond donors (Lipinski definition) is 1. The Hall–Kier alpha value is -0.490. The van der Waals surface area contributed by atoms with E-state index in [1.807, 2.05) is 11.3 Å². The second-order valence-electron chi connectivity index (χ2n) is 6.05. The van der Waals surface area contributed by atoms with Gasteiger partial charge in [0, 0.05) is 62.3 Å². The maximum Gasteiger partial charge on any atom is 0.0944 e. The summed E-state index contributed by atoms with van der Waals surface area (Å²) in [5.74, 6) is 0. The quantitative estimate of drug-likeness (QED) is 0.858. The van der Waals surface area contributed by atoms with Crippen LogP contribution in [0.25, 0.3) is 0 Å². The third-order valence-electron chi connectivity index (χ3n) is 4.50. The lowest BCUT2D eigenvalue weighted by molar-refractivity contribution is -0.00310. The molecule has 2 bridgehead atoms. The highest BCUT2D eigenvalue weighted by Crippen LogP contribution is 2.21. The molecule has 112 valence electrons. The molecule has 4 rings (SSSR count). The van der Waals surface area contributed by atoms with Gasteiger partial charge in [-0.3, -0.25) is 9.80 Å². The molecule has 0 aromatic carbocycles. The van der Waals surface area contributed by atoms with Gasteiger partial charge in [0.1, 0.15) is 0 Å². The number of aryl methyl sites for hydroxylation is 1. The van der Waals surface area contributed by atoms with Crippen molar-refractivity contribution in [2.75, 3.05) is 39.3 Å². The van der Waals surface area contributed by atoms with Gasteiger partial charge in [0.15, 0.2) is 0 Å². The Balaban J connectivity index is 1.68. The average molecular weight is 294 g/mol. The summed E-state index contributed by atoms with van der Waals surface area (Å²) in [5.41, 5.74) is 1.16. The minimum absolute atomic E-state index is 0.545. The molecule has 3 fully saturated rings. The van der Waals surface area contributed by atoms with Crippen LogP contribution < -0.4 is 5.32 Å². The summed E-state index contributed by atoms with van der Waals surface area (Å²) in [7, 11) is 0. The molecule has 1 aromatic rings. The first kappa shape index (κ1) is 14.4. The average Bonchev–Trinajstić information content (AvgIpc) is 2.90. The van der Waals surface area contributed by atoms with Crippen molar-refractivity contribution in [3.8, 4) is 0 Å². The molecule has 4 heterocycles. The highest BCUT2D eigenvalue weighted by atomic mass is 32.1. The van der Waals surface area contributed by atoms with E-state index in [-0.39, 0.29) is 0 Å². The van der Waals surface area contributed by atoms with Crippen LogP contribution in [0.15, 0.2) is 5.38 Å². The molecule has 3 aliphatic rings. The third kappa shape index (κ3) is 3.22. The van der Waals surface area contributed by atoms with Gasteiger partial charge in [0.25, 0.3) is 0 Å². The molecule has 0 saturated carbocycles. The van der Waals surface area contributed by atoms with Crippen LogP contribution in [0.2, 0.25) is 0 Å². The van der Waals surface area contributed by atoms with Gasteiger partial charge in [-0.05, 0) is 19.9 Å². The number of thiazole rings is 1. The van der Waals surface area contributed by atoms with Crippen molar-refractivity contribution in [1.82, 2.24) is 20.1 Å². The third-order valence-corrected chi connectivity index (χ3v) is 5.49. The lowest BCUT2D eigenvalue weighted by atomic mass is 9.97. The molecule has 0 amide bonds. The van der Waals surface area contributed by atoms with E-state index >= 15 is 0 Å². The van der Waals surface area contributed by atoms with E-state index in [9.17, 15) is 0 Å². The lowest BCUT2D eigenvalue weighted by Gasteiger charge is -2.50. The van der Waals surface area contributed by atoms with Crippen LogP contribution in [0.1, 0.15) is 24.0 Å². The summed E-state index contributed by atoms with van der Waals surface area (Å²) in [6.07, 6.45) is 2.28. The van der Waals surface area contributed by atoms with Crippen LogP contribution in [0.4, 0.5) is 0 Å². The summed E-state index contributed by atoms with van der Waals surface area (Å²) >= 11 is 1.81. The van der Waals surface area contributed by atoms with Crippen molar-refractivity contribution < 1.29 is 0 Å². The molecule has 1 aromatic heterocycles. The Morgan fingerprint density at radius 1 is 1.40 bits per heavy atom. The Morgan fingerprint density at radius 3 is 2.75 bits per heavy atom. The minimum atomic E-state index is 0.545. The topological polar surface area (TPSA) is 31.4 Å². The minimum Gasteiger partial charge on any atom is -0.312 e. The van der Waals surface area contributed by atoms with Crippen molar-refractivity contribution in [3.63, 3.8) is 0 Å². The summed E-state index contributed by atoms with van der Waals surface area (Å²) in [4.78, 5) is 9.97. The maximum atomic E-state index is 4.66. The molecule has 1 N–H and O–H groups in total. The molecule has 20 heavy (non-hydrogen) atoms. The van der Waals surface area contributed by atoms with Crippen molar-refractivity contribution in [1.29, 1.82) is 0 Å². The predicted molar refractivity (Wildman–Crippen MR) is 84.4 cm³/mol. The van der Waals surface area contributed by atoms with E-state index in [1.165, 1.54) is 44.2 Å². The predicted octanol–water partition coefficient (Wildman–Crippen LogP) is 1.36. The van der Waals surface area contributed by atoms with Gasteiger partial charge < -0.3 is 5.32 Å². The number of rotatable bonds is 6. The molecule has 5 heteroatoms. The van der Waals surface area contributed by atoms with Crippen LogP contribution in [-0.4, -0.2) is 66.1 Å². The summed E-state index contributed by atoms with van der Waals surface area (Å²) in [6.45, 7) is 11.7. The van der Waals surface area contributed by atoms with Crippen molar-refractivity contribution in [2.24, 2.45) is 0 Å². The maximum absolute atomic E-state index is 4.66. The number of fused-ring (bicyclic) bond motifs is 3. The Labute approximate surface area is 126 Å². The monoisotopic (exact) mass is 294 g/mol. The molecular weight excluding hydrogens is 268 g/mol. The van der Waals surface area contributed by atoms with Gasteiger partial charge in [-0.15, -0.1) is 11.3 Å². The molecule has 3 saturated heterocycles. The number of nitrogens with zero attached hydrogens (tertiary/aromatic N) is 3. The normalized spacial score (nSPS) is 30.6. The zero-order valence-electron chi connectivity index (χ0n) is 12.6. The van der Waals surface area contributed by atoms with Crippen LogP contribution in [0, 0.1) is 6.92 Å². The Morgan fingerprint density at radius 2 is 2.20 bits per heavy atom. The van der Waals surface area contributed by atoms with E-state index < -0.39 is 0 Å². The van der Waals surface area contributed by atoms with Crippen molar-refractivity contribution in [2.45, 2.75) is 38.8 Å². The fourth-order valence-electron chi connectivity index (χ4n) is 3.40. The second-order valence-corrected chi connectivity index (χ2v) is 6.99. The summed E-state index contributed by atoms with van der Waals surface area (Å²) in [6, 6.07) is 1.21. The molecule has 0 spiro atoms. The second kappa shape index (κ2) is 6.52. The molecule has 2 unspecified atom stereocenters. The molecule has 0 radical (unpaired) electrons. The highest BCUT2D eigenvalue weighted by Gasteiger charge is 2.36. The van der Waals surface area contributed by atoms with E-state index in [1.54, 1.807) is 0 Å². The van der Waals surface area contributed by atoms with E-state index in [4.69, 9.17) is 0 Å². The van der Waals surface area contributed by atoms with Crippen molar-refractivity contribution >= 4 is 11.3 Å². The molecule has 2 atom stereocenters. The number of piperazine rings is 3. The van der Waals surface area contributed by atoms with Gasteiger partial charge in [0.2, 0.25) is 0 Å². The smallest absolute Gasteiger partial charge is 0.0944 e. The fourth-order valence-corrected chi connectivity index (χ4v) is 4.23. The largest absolute Gasteiger partial charge is 0.312 e. The van der Waals surface area contributed by atoms with Crippen LogP contribution in [-0.2, 0) is 6.42 Å². The highest BCUT2D eigenvalue weighted by molar-refractivity contribution is 7.09. The fraction of sp³-hybridized carbons (Fsp3) is 0.800. The molecular formula is C15H26N4S. The standard InChI is InChI=1S/C15H26N4S/c1-3-4-16-13(9-15-17-12(2)11-20-15)14-10-18-5-7-19(14)8-6-18/h11,13-14,16H,3-10H2,1-2H3. The summed E-state index contributed by atoms with van der Waals surface area (Å²) < 4.78 is 0. The Kier molecular flexibility index (Phi) is 4.71. The zero-order chi connectivity index (χ0) is 13.9. The first-order valence-electron chi connectivity index (χ1n) is 7.87.